The molecule has 4 aromatic rings. The van der Waals surface area contributed by atoms with Crippen LogP contribution in [-0.4, -0.2) is 40.1 Å². The molecule has 1 aliphatic heterocycles. The average molecular weight is 439 g/mol. The normalized spacial score (nSPS) is 19.9. The van der Waals surface area contributed by atoms with Crippen molar-refractivity contribution in [2.45, 2.75) is 30.8 Å². The van der Waals surface area contributed by atoms with Gasteiger partial charge < -0.3 is 4.57 Å². The van der Waals surface area contributed by atoms with Crippen LogP contribution in [0.4, 0.5) is 4.39 Å². The lowest BCUT2D eigenvalue weighted by Gasteiger charge is -2.21. The van der Waals surface area contributed by atoms with Crippen molar-refractivity contribution in [3.05, 3.63) is 72.9 Å². The van der Waals surface area contributed by atoms with Gasteiger partial charge in [-0.15, -0.1) is 0 Å². The van der Waals surface area contributed by atoms with E-state index in [1.54, 1.807) is 10.5 Å². The third kappa shape index (κ3) is 3.66. The van der Waals surface area contributed by atoms with E-state index in [1.807, 2.05) is 13.1 Å². The minimum Gasteiger partial charge on any atom is -0.347 e. The number of aromatic amines is 1. The van der Waals surface area contributed by atoms with Crippen LogP contribution >= 0.6 is 0 Å². The number of nitrogens with one attached hydrogen (secondary N) is 1. The fourth-order valence-corrected chi connectivity index (χ4v) is 6.26. The quantitative estimate of drug-likeness (QED) is 0.506. The second-order valence-electron chi connectivity index (χ2n) is 8.21. The van der Waals surface area contributed by atoms with E-state index in [1.165, 1.54) is 24.3 Å². The number of hydrogen-bond donors (Lipinski definition) is 1. The van der Waals surface area contributed by atoms with Gasteiger partial charge in [-0.3, -0.25) is 5.10 Å². The van der Waals surface area contributed by atoms with Gasteiger partial charge in [-0.1, -0.05) is 6.07 Å². The lowest BCUT2D eigenvalue weighted by atomic mass is 10.1. The molecule has 5 rings (SSSR count). The fraction of sp³-hybridized carbons (Fsp3) is 0.261. The topological polar surface area (TPSA) is 71.0 Å². The highest BCUT2D eigenvalue weighted by Gasteiger charge is 2.38. The lowest BCUT2D eigenvalue weighted by molar-refractivity contribution is 0.399. The summed E-state index contributed by atoms with van der Waals surface area (Å²) in [5.41, 5.74) is 3.27. The molecule has 6 nitrogen and oxygen atoms in total. The van der Waals surface area contributed by atoms with Gasteiger partial charge in [0.15, 0.2) is 0 Å². The van der Waals surface area contributed by atoms with Gasteiger partial charge in [-0.05, 0) is 67.3 Å². The Morgan fingerprint density at radius 3 is 2.68 bits per heavy atom. The van der Waals surface area contributed by atoms with Crippen molar-refractivity contribution in [3.63, 3.8) is 0 Å². The molecule has 1 fully saturated rings. The molecule has 1 N–H and O–H groups in total. The molecule has 0 bridgehead atoms. The first-order valence-corrected chi connectivity index (χ1v) is 11.7. The van der Waals surface area contributed by atoms with Gasteiger partial charge in [0.2, 0.25) is 10.0 Å². The molecule has 0 spiro atoms. The Hall–Kier alpha value is -2.97. The van der Waals surface area contributed by atoms with Crippen molar-refractivity contribution >= 4 is 20.9 Å². The van der Waals surface area contributed by atoms with E-state index in [0.717, 1.165) is 35.0 Å². The van der Waals surface area contributed by atoms with Crippen LogP contribution in [0.2, 0.25) is 0 Å². The van der Waals surface area contributed by atoms with E-state index in [-0.39, 0.29) is 16.9 Å². The number of fused-ring (bicyclic) bond motifs is 1. The Bertz CT molecular complexity index is 1310. The third-order valence-corrected chi connectivity index (χ3v) is 8.08. The van der Waals surface area contributed by atoms with Crippen molar-refractivity contribution in [1.29, 1.82) is 0 Å². The molecule has 31 heavy (non-hydrogen) atoms. The Labute approximate surface area is 180 Å². The molecular weight excluding hydrogens is 415 g/mol. The number of nitrogens with zero attached hydrogens (tertiary/aromatic N) is 3. The first-order valence-electron chi connectivity index (χ1n) is 10.3. The summed E-state index contributed by atoms with van der Waals surface area (Å²) in [7, 11) is -3.64. The molecule has 1 saturated heterocycles. The minimum absolute atomic E-state index is 0.102. The number of halogens is 1. The molecule has 0 saturated carbocycles. The van der Waals surface area contributed by atoms with Crippen LogP contribution in [-0.2, 0) is 16.6 Å². The first kappa shape index (κ1) is 20.0. The van der Waals surface area contributed by atoms with Gasteiger partial charge in [0.1, 0.15) is 5.82 Å². The number of hydrogen-bond acceptors (Lipinski definition) is 3. The van der Waals surface area contributed by atoms with Crippen molar-refractivity contribution in [3.8, 4) is 11.1 Å². The van der Waals surface area contributed by atoms with Crippen LogP contribution in [0.5, 0.6) is 0 Å². The molecule has 160 valence electrons. The Morgan fingerprint density at radius 2 is 1.94 bits per heavy atom. The van der Waals surface area contributed by atoms with E-state index >= 15 is 0 Å². The summed E-state index contributed by atoms with van der Waals surface area (Å²) >= 11 is 0. The van der Waals surface area contributed by atoms with Crippen molar-refractivity contribution < 1.29 is 12.8 Å². The summed E-state index contributed by atoms with van der Waals surface area (Å²) in [6.45, 7) is 3.13. The van der Waals surface area contributed by atoms with Crippen LogP contribution in [0.1, 0.15) is 13.3 Å². The predicted molar refractivity (Wildman–Crippen MR) is 117 cm³/mol. The van der Waals surface area contributed by atoms with Crippen LogP contribution < -0.4 is 0 Å². The zero-order valence-electron chi connectivity index (χ0n) is 17.1. The second-order valence-corrected chi connectivity index (χ2v) is 10.1. The van der Waals surface area contributed by atoms with E-state index in [2.05, 4.69) is 45.2 Å². The maximum absolute atomic E-state index is 13.2. The highest BCUT2D eigenvalue weighted by Crippen LogP contribution is 2.32. The summed E-state index contributed by atoms with van der Waals surface area (Å²) in [4.78, 5) is 0.139. The standard InChI is InChI=1S/C23H23FN4O2S/c1-16-10-17(15-28(16)31(29,30)22-5-3-21(24)4-6-22)14-27-9-8-19-11-18(2-7-23(19)27)20-12-25-26-13-20/h2-9,11-13,16-17H,10,14-15H2,1H3,(H,25,26)/t16-,17-/m1/s1. The molecule has 0 radical (unpaired) electrons. The summed E-state index contributed by atoms with van der Waals surface area (Å²) in [6, 6.07) is 13.3. The summed E-state index contributed by atoms with van der Waals surface area (Å²) in [5, 5.41) is 7.99. The molecule has 0 unspecified atom stereocenters. The van der Waals surface area contributed by atoms with E-state index < -0.39 is 15.8 Å². The van der Waals surface area contributed by atoms with Crippen molar-refractivity contribution in [1.82, 2.24) is 19.1 Å². The second kappa shape index (κ2) is 7.62. The minimum atomic E-state index is -3.64. The van der Waals surface area contributed by atoms with Gasteiger partial charge in [0, 0.05) is 48.0 Å². The molecular formula is C23H23FN4O2S. The molecule has 3 heterocycles. The highest BCUT2D eigenvalue weighted by molar-refractivity contribution is 7.89. The number of benzene rings is 2. The molecule has 2 aromatic carbocycles. The first-order chi connectivity index (χ1) is 14.9. The zero-order valence-corrected chi connectivity index (χ0v) is 17.9. The van der Waals surface area contributed by atoms with Gasteiger partial charge >= 0.3 is 0 Å². The van der Waals surface area contributed by atoms with Crippen LogP contribution in [0.15, 0.2) is 72.0 Å². The smallest absolute Gasteiger partial charge is 0.243 e. The summed E-state index contributed by atoms with van der Waals surface area (Å²) in [5.74, 6) is -0.240. The lowest BCUT2D eigenvalue weighted by Crippen LogP contribution is -2.34. The molecule has 0 aliphatic carbocycles. The van der Waals surface area contributed by atoms with Crippen LogP contribution in [0.3, 0.4) is 0 Å². The molecule has 1 aliphatic rings. The van der Waals surface area contributed by atoms with Gasteiger partial charge in [0.05, 0.1) is 11.1 Å². The zero-order chi connectivity index (χ0) is 21.6. The summed E-state index contributed by atoms with van der Waals surface area (Å²) in [6.07, 6.45) is 6.52. The number of H-pyrrole nitrogens is 1. The number of sulfonamides is 1. The molecule has 2 aromatic heterocycles. The van der Waals surface area contributed by atoms with Crippen molar-refractivity contribution in [2.75, 3.05) is 6.54 Å². The molecule has 2 atom stereocenters. The molecule has 0 amide bonds. The van der Waals surface area contributed by atoms with Crippen LogP contribution in [0.25, 0.3) is 22.0 Å². The van der Waals surface area contributed by atoms with E-state index in [9.17, 15) is 12.8 Å². The maximum atomic E-state index is 13.2. The number of rotatable bonds is 5. The SMILES string of the molecule is C[C@@H]1C[C@H](Cn2ccc3cc(-c4cn[nH]c4)ccc32)CN1S(=O)(=O)c1ccc(F)cc1. The third-order valence-electron chi connectivity index (χ3n) is 6.08. The van der Waals surface area contributed by atoms with Gasteiger partial charge in [-0.25, -0.2) is 12.8 Å². The van der Waals surface area contributed by atoms with E-state index in [4.69, 9.17) is 0 Å². The highest BCUT2D eigenvalue weighted by atomic mass is 32.2. The monoisotopic (exact) mass is 438 g/mol. The van der Waals surface area contributed by atoms with Gasteiger partial charge in [-0.2, -0.15) is 9.40 Å². The Morgan fingerprint density at radius 1 is 1.13 bits per heavy atom. The van der Waals surface area contributed by atoms with Gasteiger partial charge in [0.25, 0.3) is 0 Å². The maximum Gasteiger partial charge on any atom is 0.243 e. The fourth-order valence-electron chi connectivity index (χ4n) is 4.54. The van der Waals surface area contributed by atoms with E-state index in [0.29, 0.717) is 6.54 Å². The Kier molecular flexibility index (Phi) is 4.91. The average Bonchev–Trinajstić information content (AvgIpc) is 3.49. The Balaban J connectivity index is 1.35. The number of aromatic nitrogens is 3. The summed E-state index contributed by atoms with van der Waals surface area (Å²) < 4.78 is 43.1. The van der Waals surface area contributed by atoms with Crippen molar-refractivity contribution in [2.24, 2.45) is 5.92 Å². The van der Waals surface area contributed by atoms with Crippen LogP contribution in [0, 0.1) is 11.7 Å². The predicted octanol–water partition coefficient (Wildman–Crippen LogP) is 4.27. The largest absolute Gasteiger partial charge is 0.347 e. The molecule has 8 heteroatoms.